The third-order valence-electron chi connectivity index (χ3n) is 7.01. The monoisotopic (exact) mass is 613 g/mol. The first-order valence-electron chi connectivity index (χ1n) is 13.5. The molecule has 1 aliphatic carbocycles. The summed E-state index contributed by atoms with van der Waals surface area (Å²) in [6, 6.07) is 5.85. The van der Waals surface area contributed by atoms with Crippen LogP contribution in [0.2, 0.25) is 0 Å². The number of rotatable bonds is 8. The number of nitrogens with zero attached hydrogens (tertiary/aromatic N) is 3. The molecule has 0 aliphatic heterocycles. The van der Waals surface area contributed by atoms with Crippen molar-refractivity contribution in [2.24, 2.45) is 5.92 Å². The van der Waals surface area contributed by atoms with Gasteiger partial charge in [-0.3, -0.25) is 14.6 Å². The zero-order chi connectivity index (χ0) is 31.4. The van der Waals surface area contributed by atoms with Gasteiger partial charge in [0.15, 0.2) is 6.04 Å². The van der Waals surface area contributed by atoms with E-state index in [-0.39, 0.29) is 28.9 Å². The van der Waals surface area contributed by atoms with E-state index in [1.807, 2.05) is 14.1 Å². The Morgan fingerprint density at radius 2 is 1.58 bits per heavy atom. The van der Waals surface area contributed by atoms with E-state index in [9.17, 15) is 35.9 Å². The molecule has 0 unspecified atom stereocenters. The van der Waals surface area contributed by atoms with Crippen LogP contribution in [0.1, 0.15) is 48.4 Å². The number of carbonyl (C=O) groups excluding carboxylic acids is 2. The highest BCUT2D eigenvalue weighted by Crippen LogP contribution is 2.35. The summed E-state index contributed by atoms with van der Waals surface area (Å²) in [5.74, 6) is -0.426. The fourth-order valence-electron chi connectivity index (χ4n) is 5.13. The lowest BCUT2D eigenvalue weighted by atomic mass is 9.86. The topological polar surface area (TPSA) is 103 Å². The fourth-order valence-corrected chi connectivity index (χ4v) is 5.13. The smallest absolute Gasteiger partial charge is 0.326 e. The number of urea groups is 1. The van der Waals surface area contributed by atoms with Crippen LogP contribution in [0.5, 0.6) is 0 Å². The average molecular weight is 614 g/mol. The predicted octanol–water partition coefficient (Wildman–Crippen LogP) is 6.12. The Morgan fingerprint density at radius 3 is 2.21 bits per heavy atom. The highest BCUT2D eigenvalue weighted by atomic mass is 19.4. The third-order valence-corrected chi connectivity index (χ3v) is 7.01. The predicted molar refractivity (Wildman–Crippen MR) is 144 cm³/mol. The summed E-state index contributed by atoms with van der Waals surface area (Å²) in [7, 11) is 4.06. The molecule has 1 aromatic heterocycles. The van der Waals surface area contributed by atoms with Crippen molar-refractivity contribution in [1.29, 1.82) is 0 Å². The summed E-state index contributed by atoms with van der Waals surface area (Å²) < 4.78 is 87.3. The van der Waals surface area contributed by atoms with Gasteiger partial charge in [0.1, 0.15) is 0 Å². The number of nitrogens with one attached hydrogen (secondary N) is 3. The first-order valence-corrected chi connectivity index (χ1v) is 13.5. The van der Waals surface area contributed by atoms with Crippen molar-refractivity contribution in [1.82, 2.24) is 10.2 Å². The quantitative estimate of drug-likeness (QED) is 0.210. The summed E-state index contributed by atoms with van der Waals surface area (Å²) in [5, 5.41) is 10.8. The summed E-state index contributed by atoms with van der Waals surface area (Å²) in [5.41, 5.74) is -3.27. The van der Waals surface area contributed by atoms with E-state index in [2.05, 4.69) is 26.1 Å². The SMILES string of the molecule is CN(C)CC1CCC([n+]2cc(NC(=O)Nc3cc(NC(=O)Cc4ccccc4C(F)(F)F)cc(C(F)(F)F)c3)on2)CC1. The van der Waals surface area contributed by atoms with Crippen molar-refractivity contribution < 1.29 is 45.1 Å². The molecule has 1 heterocycles. The van der Waals surface area contributed by atoms with Crippen LogP contribution in [0.3, 0.4) is 0 Å². The first-order chi connectivity index (χ1) is 20.2. The average Bonchev–Trinajstić information content (AvgIpc) is 3.36. The molecule has 0 radical (unpaired) electrons. The van der Waals surface area contributed by atoms with Crippen molar-refractivity contribution in [3.8, 4) is 0 Å². The molecule has 1 aliphatic rings. The second-order valence-corrected chi connectivity index (χ2v) is 10.7. The minimum Gasteiger partial charge on any atom is -0.326 e. The first kappa shape index (κ1) is 31.8. The van der Waals surface area contributed by atoms with Gasteiger partial charge in [-0.05, 0) is 67.4 Å². The molecule has 1 saturated carbocycles. The Morgan fingerprint density at radius 1 is 0.930 bits per heavy atom. The molecular formula is C28H31F6N6O3+. The molecule has 0 bridgehead atoms. The molecule has 3 amide bonds. The second kappa shape index (κ2) is 13.0. The fraction of sp³-hybridized carbons (Fsp3) is 0.429. The van der Waals surface area contributed by atoms with Crippen molar-refractivity contribution in [2.75, 3.05) is 36.6 Å². The standard InChI is InChI=1S/C28H30F6N6O3/c1-39(2)15-17-7-9-22(10-8-17)40-16-25(43-38-40)37-26(42)36-21-13-19(27(29,30)31)12-20(14-21)35-24(41)11-18-5-3-4-6-23(18)28(32,33)34/h3-6,12-14,16-17,22H,7-11,15H2,1-2H3,(H2-,35,36,37,38,41,42)/p+1. The number of halogens is 6. The molecule has 43 heavy (non-hydrogen) atoms. The maximum Gasteiger partial charge on any atom is 0.416 e. The van der Waals surface area contributed by atoms with Gasteiger partial charge in [0.25, 0.3) is 6.20 Å². The molecular weight excluding hydrogens is 582 g/mol. The summed E-state index contributed by atoms with van der Waals surface area (Å²) in [4.78, 5) is 27.2. The van der Waals surface area contributed by atoms with E-state index in [0.29, 0.717) is 18.1 Å². The van der Waals surface area contributed by atoms with Crippen LogP contribution in [-0.2, 0) is 23.6 Å². The Kier molecular flexibility index (Phi) is 9.62. The van der Waals surface area contributed by atoms with E-state index in [4.69, 9.17) is 4.52 Å². The Labute approximate surface area is 243 Å². The lowest BCUT2D eigenvalue weighted by molar-refractivity contribution is -0.787. The lowest BCUT2D eigenvalue weighted by Crippen LogP contribution is -2.43. The van der Waals surface area contributed by atoms with Crippen LogP contribution in [-0.4, -0.2) is 42.7 Å². The van der Waals surface area contributed by atoms with E-state index >= 15 is 0 Å². The molecule has 2 aromatic carbocycles. The highest BCUT2D eigenvalue weighted by Gasteiger charge is 2.34. The molecule has 9 nitrogen and oxygen atoms in total. The molecule has 0 atom stereocenters. The van der Waals surface area contributed by atoms with Crippen molar-refractivity contribution >= 4 is 29.2 Å². The van der Waals surface area contributed by atoms with Crippen LogP contribution in [0.4, 0.5) is 48.4 Å². The van der Waals surface area contributed by atoms with Crippen molar-refractivity contribution in [3.63, 3.8) is 0 Å². The van der Waals surface area contributed by atoms with E-state index in [1.54, 1.807) is 4.68 Å². The minimum atomic E-state index is -4.85. The Bertz CT molecular complexity index is 1430. The van der Waals surface area contributed by atoms with Crippen LogP contribution >= 0.6 is 0 Å². The lowest BCUT2D eigenvalue weighted by Gasteiger charge is -2.26. The van der Waals surface area contributed by atoms with Gasteiger partial charge in [-0.15, -0.1) is 0 Å². The largest absolute Gasteiger partial charge is 0.416 e. The number of amides is 3. The normalized spacial score (nSPS) is 17.5. The molecule has 232 valence electrons. The van der Waals surface area contributed by atoms with Gasteiger partial charge in [-0.2, -0.15) is 26.3 Å². The zero-order valence-corrected chi connectivity index (χ0v) is 23.4. The third kappa shape index (κ3) is 8.92. The number of hydrogen-bond acceptors (Lipinski definition) is 5. The van der Waals surface area contributed by atoms with Gasteiger partial charge in [-0.1, -0.05) is 18.2 Å². The summed E-state index contributed by atoms with van der Waals surface area (Å²) in [6.45, 7) is 0.996. The molecule has 3 aromatic rings. The molecule has 4 rings (SSSR count). The number of aromatic nitrogens is 2. The van der Waals surface area contributed by atoms with Crippen LogP contribution in [0, 0.1) is 5.92 Å². The summed E-state index contributed by atoms with van der Waals surface area (Å²) >= 11 is 0. The van der Waals surface area contributed by atoms with Gasteiger partial charge < -0.3 is 15.5 Å². The number of alkyl halides is 6. The van der Waals surface area contributed by atoms with Gasteiger partial charge in [0, 0.05) is 30.8 Å². The maximum atomic E-state index is 13.6. The number of benzene rings is 2. The molecule has 1 fully saturated rings. The molecule has 3 N–H and O–H groups in total. The summed E-state index contributed by atoms with van der Waals surface area (Å²) in [6.07, 6.45) is -5.04. The number of hydrogen-bond donors (Lipinski definition) is 3. The minimum absolute atomic E-state index is 0.0308. The van der Waals surface area contributed by atoms with Crippen molar-refractivity contribution in [3.05, 3.63) is 65.4 Å². The van der Waals surface area contributed by atoms with Crippen LogP contribution in [0.25, 0.3) is 0 Å². The Hall–Kier alpha value is -4.14. The molecule has 0 spiro atoms. The zero-order valence-electron chi connectivity index (χ0n) is 23.4. The van der Waals surface area contributed by atoms with Gasteiger partial charge >= 0.3 is 24.3 Å². The van der Waals surface area contributed by atoms with Gasteiger partial charge in [0.2, 0.25) is 11.2 Å². The van der Waals surface area contributed by atoms with Gasteiger partial charge in [-0.25, -0.2) is 4.79 Å². The highest BCUT2D eigenvalue weighted by molar-refractivity contribution is 6.00. The number of anilines is 3. The van der Waals surface area contributed by atoms with Crippen LogP contribution in [0.15, 0.2) is 53.2 Å². The van der Waals surface area contributed by atoms with E-state index < -0.39 is 41.8 Å². The number of carbonyl (C=O) groups is 2. The van der Waals surface area contributed by atoms with E-state index in [1.165, 1.54) is 12.3 Å². The molecule has 15 heteroatoms. The Balaban J connectivity index is 1.41. The van der Waals surface area contributed by atoms with Crippen LogP contribution < -0.4 is 20.6 Å². The molecule has 0 saturated heterocycles. The van der Waals surface area contributed by atoms with Gasteiger partial charge in [0.05, 0.1) is 17.5 Å². The van der Waals surface area contributed by atoms with E-state index in [0.717, 1.165) is 56.5 Å². The maximum absolute atomic E-state index is 13.6. The second-order valence-electron chi connectivity index (χ2n) is 10.7. The van der Waals surface area contributed by atoms with Crippen molar-refractivity contribution in [2.45, 2.75) is 50.5 Å².